The molecule has 0 aromatic heterocycles. The lowest BCUT2D eigenvalue weighted by molar-refractivity contribution is -0.146. The van der Waals surface area contributed by atoms with Crippen molar-refractivity contribution in [1.82, 2.24) is 26.2 Å². The third-order valence-corrected chi connectivity index (χ3v) is 9.25. The number of carboxylic acid groups (broad SMARTS) is 1. The van der Waals surface area contributed by atoms with Crippen molar-refractivity contribution in [2.24, 2.45) is 16.3 Å². The predicted octanol–water partition coefficient (Wildman–Crippen LogP) is 2.11. The molecule has 3 heterocycles. The monoisotopic (exact) mass is 702 g/mol. The van der Waals surface area contributed by atoms with E-state index in [1.54, 1.807) is 20.8 Å². The largest absolute Gasteiger partial charge is 0.481 e. The van der Waals surface area contributed by atoms with E-state index in [0.717, 1.165) is 5.56 Å². The third-order valence-electron chi connectivity index (χ3n) is 8.52. The Balaban J connectivity index is 1.77. The average molecular weight is 704 g/mol. The number of rotatable bonds is 6. The first kappa shape index (κ1) is 35.1. The molecule has 14 heteroatoms. The van der Waals surface area contributed by atoms with Crippen LogP contribution in [0.25, 0.3) is 0 Å². The molecule has 0 bridgehead atoms. The molecule has 0 aliphatic carbocycles. The number of para-hydroxylation sites is 1. The van der Waals surface area contributed by atoms with E-state index in [-0.39, 0.29) is 25.3 Å². The highest BCUT2D eigenvalue weighted by atomic mass is 79.9. The quantitative estimate of drug-likeness (QED) is 0.300. The Hall–Kier alpha value is -3.81. The number of benzene rings is 1. The molecule has 46 heavy (non-hydrogen) atoms. The lowest BCUT2D eigenvalue weighted by Crippen LogP contribution is -2.60. The molecular weight excluding hydrogens is 660 g/mol. The minimum Gasteiger partial charge on any atom is -0.481 e. The number of hydrogen-bond acceptors (Lipinski definition) is 7. The second kappa shape index (κ2) is 14.3. The second-order valence-corrected chi connectivity index (χ2v) is 14.5. The number of aliphatic carboxylic acids is 1. The van der Waals surface area contributed by atoms with Gasteiger partial charge >= 0.3 is 5.97 Å². The Morgan fingerprint density at radius 3 is 2.24 bits per heavy atom. The normalized spacial score (nSPS) is 27.8. The van der Waals surface area contributed by atoms with Gasteiger partial charge in [-0.15, -0.1) is 0 Å². The summed E-state index contributed by atoms with van der Waals surface area (Å²) in [7, 11) is 0. The Labute approximate surface area is 276 Å². The molecule has 5 N–H and O–H groups in total. The number of carboxylic acids is 1. The molecule has 13 nitrogen and oxygen atoms in total. The number of aliphatic imine (C=N–C) groups is 1. The zero-order chi connectivity index (χ0) is 33.9. The van der Waals surface area contributed by atoms with E-state index in [0.29, 0.717) is 23.1 Å². The van der Waals surface area contributed by atoms with Crippen LogP contribution in [0.2, 0.25) is 0 Å². The molecule has 250 valence electrons. The fourth-order valence-corrected chi connectivity index (χ4v) is 6.82. The number of nitrogens with zero attached hydrogens (tertiary/aromatic N) is 2. The van der Waals surface area contributed by atoms with Gasteiger partial charge in [-0.1, -0.05) is 52.8 Å². The molecule has 2 fully saturated rings. The predicted molar refractivity (Wildman–Crippen MR) is 173 cm³/mol. The van der Waals surface area contributed by atoms with Crippen molar-refractivity contribution >= 4 is 61.7 Å². The van der Waals surface area contributed by atoms with E-state index in [2.05, 4.69) is 42.2 Å². The van der Waals surface area contributed by atoms with Crippen LogP contribution < -0.4 is 21.3 Å². The van der Waals surface area contributed by atoms with Gasteiger partial charge in [0.15, 0.2) is 0 Å². The van der Waals surface area contributed by atoms with Gasteiger partial charge < -0.3 is 31.3 Å². The van der Waals surface area contributed by atoms with E-state index in [1.165, 1.54) is 4.90 Å². The van der Waals surface area contributed by atoms with Crippen molar-refractivity contribution < 1.29 is 33.9 Å². The van der Waals surface area contributed by atoms with Crippen LogP contribution in [0.3, 0.4) is 0 Å². The number of carbonyl (C=O) groups is 6. The molecule has 4 rings (SSSR count). The Morgan fingerprint density at radius 1 is 0.957 bits per heavy atom. The number of halogens is 1. The summed E-state index contributed by atoms with van der Waals surface area (Å²) < 4.78 is 0.550. The first-order chi connectivity index (χ1) is 21.6. The summed E-state index contributed by atoms with van der Waals surface area (Å²) in [6.45, 7) is 9.29. The molecule has 0 radical (unpaired) electrons. The van der Waals surface area contributed by atoms with Gasteiger partial charge in [0.05, 0.1) is 16.7 Å². The zero-order valence-corrected chi connectivity index (χ0v) is 28.3. The van der Waals surface area contributed by atoms with Crippen molar-refractivity contribution in [3.63, 3.8) is 0 Å². The van der Waals surface area contributed by atoms with Gasteiger partial charge in [-0.25, -0.2) is 4.99 Å². The summed E-state index contributed by atoms with van der Waals surface area (Å²) >= 11 is 3.50. The Kier molecular flexibility index (Phi) is 10.9. The summed E-state index contributed by atoms with van der Waals surface area (Å²) in [6, 6.07) is 1.56. The van der Waals surface area contributed by atoms with Crippen molar-refractivity contribution in [1.29, 1.82) is 0 Å². The van der Waals surface area contributed by atoms with Gasteiger partial charge in [0.25, 0.3) is 0 Å². The number of carbonyl (C=O) groups excluding carboxylic acids is 5. The fraction of sp³-hybridized carbons (Fsp3) is 0.594. The maximum atomic E-state index is 14.0. The van der Waals surface area contributed by atoms with Gasteiger partial charge in [-0.3, -0.25) is 28.8 Å². The Bertz CT molecular complexity index is 1420. The van der Waals surface area contributed by atoms with Gasteiger partial charge in [0, 0.05) is 12.5 Å². The van der Waals surface area contributed by atoms with Crippen LogP contribution in [0.5, 0.6) is 0 Å². The van der Waals surface area contributed by atoms with Crippen molar-refractivity contribution in [2.45, 2.75) is 103 Å². The first-order valence-electron chi connectivity index (χ1n) is 15.6. The van der Waals surface area contributed by atoms with Gasteiger partial charge in [-0.05, 0) is 64.6 Å². The summed E-state index contributed by atoms with van der Waals surface area (Å²) in [5.41, 5.74) is 0.764. The highest BCUT2D eigenvalue weighted by molar-refractivity contribution is 9.18. The van der Waals surface area contributed by atoms with Crippen LogP contribution in [0.4, 0.5) is 5.69 Å². The van der Waals surface area contributed by atoms with E-state index in [1.807, 2.05) is 38.1 Å². The number of nitrogens with one attached hydrogen (secondary N) is 4. The maximum absolute atomic E-state index is 14.0. The molecule has 3 aliphatic rings. The number of amides is 5. The molecule has 6 atom stereocenters. The van der Waals surface area contributed by atoms with Crippen molar-refractivity contribution in [3.8, 4) is 0 Å². The lowest BCUT2D eigenvalue weighted by atomic mass is 9.85. The molecule has 0 saturated carbocycles. The minimum atomic E-state index is -1.50. The lowest BCUT2D eigenvalue weighted by Gasteiger charge is -2.34. The van der Waals surface area contributed by atoms with E-state index in [4.69, 9.17) is 0 Å². The smallest absolute Gasteiger partial charge is 0.305 e. The summed E-state index contributed by atoms with van der Waals surface area (Å²) in [5.74, 6) is -5.03. The second-order valence-electron chi connectivity index (χ2n) is 13.7. The number of hydrogen-bond donors (Lipinski definition) is 5. The van der Waals surface area contributed by atoms with Gasteiger partial charge in [0.2, 0.25) is 29.5 Å². The standard InChI is InChI=1S/C32H43BrN6O7/c1-16(2)13-20-27(42)35-21(14-18-17-9-6-7-10-19(17)34-26(18)33)28(43)37-22(15-24(40)41)31(46)39-12-8-11-23(39)29(44)38-25(30(45)36-20)32(3,4)5/h6-7,9-10,16,18,20-23,25H,8,11-15H2,1-5H3,(H,35,42)(H,36,45)(H,37,43)(H,38,44)(H,40,41)/t18?,20-,21+,22+,23-,25-/m0/s1. The minimum absolute atomic E-state index is 0.0271. The fourth-order valence-electron chi connectivity index (χ4n) is 6.19. The molecule has 5 amide bonds. The Morgan fingerprint density at radius 2 is 1.59 bits per heavy atom. The molecule has 2 saturated heterocycles. The summed E-state index contributed by atoms with van der Waals surface area (Å²) in [4.78, 5) is 86.7. The highest BCUT2D eigenvalue weighted by Crippen LogP contribution is 2.40. The van der Waals surface area contributed by atoms with Crippen LogP contribution in [0.15, 0.2) is 29.3 Å². The maximum Gasteiger partial charge on any atom is 0.305 e. The summed E-state index contributed by atoms with van der Waals surface area (Å²) in [6.07, 6.45) is 0.329. The van der Waals surface area contributed by atoms with Crippen LogP contribution in [0.1, 0.15) is 78.2 Å². The van der Waals surface area contributed by atoms with E-state index in [9.17, 15) is 33.9 Å². The van der Waals surface area contributed by atoms with E-state index >= 15 is 0 Å². The molecular formula is C32H43BrN6O7. The van der Waals surface area contributed by atoms with Crippen LogP contribution >= 0.6 is 15.9 Å². The average Bonchev–Trinajstić information content (AvgIpc) is 3.57. The molecule has 0 spiro atoms. The molecule has 1 unspecified atom stereocenters. The zero-order valence-electron chi connectivity index (χ0n) is 26.8. The van der Waals surface area contributed by atoms with Crippen molar-refractivity contribution in [2.75, 3.05) is 6.54 Å². The van der Waals surface area contributed by atoms with Crippen LogP contribution in [0, 0.1) is 11.3 Å². The first-order valence-corrected chi connectivity index (χ1v) is 16.4. The van der Waals surface area contributed by atoms with Crippen LogP contribution in [-0.4, -0.2) is 86.9 Å². The SMILES string of the molecule is CC(C)C[C@@H]1NC(=O)[C@@H](C(C)(C)C)NC(=O)[C@@H]2CCCN2C(=O)[C@@H](CC(=O)O)NC(=O)[C@@H](CC2C(Br)=Nc3ccccc32)NC1=O. The third kappa shape index (κ3) is 8.12. The number of fused-ring (bicyclic) bond motifs is 2. The molecule has 3 aliphatic heterocycles. The summed E-state index contributed by atoms with van der Waals surface area (Å²) in [5, 5.41) is 20.7. The van der Waals surface area contributed by atoms with Gasteiger partial charge in [-0.2, -0.15) is 0 Å². The molecule has 1 aromatic rings. The van der Waals surface area contributed by atoms with E-state index < -0.39 is 83.5 Å². The van der Waals surface area contributed by atoms with Crippen molar-refractivity contribution in [3.05, 3.63) is 29.8 Å². The van der Waals surface area contributed by atoms with Crippen LogP contribution in [-0.2, 0) is 28.8 Å². The molecule has 1 aromatic carbocycles. The van der Waals surface area contributed by atoms with Gasteiger partial charge in [0.1, 0.15) is 30.2 Å². The topological polar surface area (TPSA) is 186 Å². The highest BCUT2D eigenvalue weighted by Gasteiger charge is 2.43.